The first-order valence-electron chi connectivity index (χ1n) is 4.12. The van der Waals surface area contributed by atoms with Gasteiger partial charge in [-0.25, -0.2) is 4.68 Å². The molecule has 1 aliphatic carbocycles. The third-order valence-electron chi connectivity index (χ3n) is 2.26. The molecular formula is C7H11ClN4. The fraction of sp³-hybridized carbons (Fsp3) is 0.857. The highest BCUT2D eigenvalue weighted by Gasteiger charge is 2.37. The summed E-state index contributed by atoms with van der Waals surface area (Å²) < 4.78 is 1.85. The molecule has 5 heteroatoms. The molecule has 66 valence electrons. The summed E-state index contributed by atoms with van der Waals surface area (Å²) in [5.41, 5.74) is 0. The van der Waals surface area contributed by atoms with Crippen LogP contribution in [-0.4, -0.2) is 20.2 Å². The molecule has 1 aromatic heterocycles. The predicted octanol–water partition coefficient (Wildman–Crippen LogP) is 1.55. The number of tetrazole rings is 1. The lowest BCUT2D eigenvalue weighted by Gasteiger charge is -2.03. The number of hydrogen-bond acceptors (Lipinski definition) is 3. The highest BCUT2D eigenvalue weighted by molar-refractivity contribution is 6.20. The molecule has 0 aromatic carbocycles. The molecule has 1 fully saturated rings. The van der Waals surface area contributed by atoms with Gasteiger partial charge in [0.1, 0.15) is 0 Å². The van der Waals surface area contributed by atoms with Crippen LogP contribution >= 0.6 is 11.6 Å². The number of aromatic nitrogens is 4. The van der Waals surface area contributed by atoms with Gasteiger partial charge in [0.2, 0.25) is 0 Å². The van der Waals surface area contributed by atoms with Crippen LogP contribution < -0.4 is 0 Å². The highest BCUT2D eigenvalue weighted by Crippen LogP contribution is 2.43. The second-order valence-corrected chi connectivity index (χ2v) is 4.03. The second kappa shape index (κ2) is 2.69. The normalized spacial score (nSPS) is 30.2. The summed E-state index contributed by atoms with van der Waals surface area (Å²) in [5.74, 6) is 1.48. The van der Waals surface area contributed by atoms with Crippen LogP contribution in [0.1, 0.15) is 37.5 Å². The predicted molar refractivity (Wildman–Crippen MR) is 44.9 cm³/mol. The van der Waals surface area contributed by atoms with Crippen molar-refractivity contribution in [2.75, 3.05) is 0 Å². The maximum Gasteiger partial charge on any atom is 0.169 e. The Kier molecular flexibility index (Phi) is 1.79. The minimum Gasteiger partial charge on any atom is -0.225 e. The minimum absolute atomic E-state index is 0.104. The fourth-order valence-electron chi connectivity index (χ4n) is 1.34. The van der Waals surface area contributed by atoms with Gasteiger partial charge < -0.3 is 0 Å². The molecule has 0 spiro atoms. The molecule has 0 radical (unpaired) electrons. The lowest BCUT2D eigenvalue weighted by molar-refractivity contribution is 0.555. The third-order valence-corrected chi connectivity index (χ3v) is 2.45. The highest BCUT2D eigenvalue weighted by atomic mass is 35.5. The molecule has 0 saturated heterocycles. The van der Waals surface area contributed by atoms with E-state index in [-0.39, 0.29) is 5.38 Å². The standard InChI is InChI=1S/C7H11ClN4/c1-4-3-6(4)12-7(5(2)8)9-10-11-12/h4-6H,3H2,1-2H3. The molecule has 0 aliphatic heterocycles. The Labute approximate surface area is 75.9 Å². The van der Waals surface area contributed by atoms with E-state index in [4.69, 9.17) is 11.6 Å². The van der Waals surface area contributed by atoms with E-state index in [1.165, 1.54) is 6.42 Å². The van der Waals surface area contributed by atoms with Gasteiger partial charge >= 0.3 is 0 Å². The van der Waals surface area contributed by atoms with Crippen LogP contribution in [0, 0.1) is 5.92 Å². The van der Waals surface area contributed by atoms with Crippen molar-refractivity contribution < 1.29 is 0 Å². The molecular weight excluding hydrogens is 176 g/mol. The average molecular weight is 187 g/mol. The lowest BCUT2D eigenvalue weighted by atomic mass is 10.4. The second-order valence-electron chi connectivity index (χ2n) is 3.38. The van der Waals surface area contributed by atoms with Gasteiger partial charge in [0.15, 0.2) is 5.82 Å². The largest absolute Gasteiger partial charge is 0.225 e. The van der Waals surface area contributed by atoms with E-state index < -0.39 is 0 Å². The first-order chi connectivity index (χ1) is 5.70. The van der Waals surface area contributed by atoms with Gasteiger partial charge in [-0.1, -0.05) is 6.92 Å². The monoisotopic (exact) mass is 186 g/mol. The molecule has 1 aliphatic rings. The summed E-state index contributed by atoms with van der Waals surface area (Å²) in [6, 6.07) is 0.483. The number of rotatable bonds is 2. The zero-order chi connectivity index (χ0) is 8.72. The summed E-state index contributed by atoms with van der Waals surface area (Å²) in [5, 5.41) is 11.3. The van der Waals surface area contributed by atoms with Crippen molar-refractivity contribution in [3.8, 4) is 0 Å². The van der Waals surface area contributed by atoms with Gasteiger partial charge in [-0.15, -0.1) is 16.7 Å². The van der Waals surface area contributed by atoms with Crippen molar-refractivity contribution in [3.05, 3.63) is 5.82 Å². The number of nitrogens with zero attached hydrogens (tertiary/aromatic N) is 4. The van der Waals surface area contributed by atoms with Crippen molar-refractivity contribution in [3.63, 3.8) is 0 Å². The average Bonchev–Trinajstić information content (AvgIpc) is 2.58. The molecule has 2 rings (SSSR count). The van der Waals surface area contributed by atoms with Crippen LogP contribution in [0.2, 0.25) is 0 Å². The SMILES string of the molecule is CC(Cl)c1nnnn1C1CC1C. The first-order valence-corrected chi connectivity index (χ1v) is 4.55. The first kappa shape index (κ1) is 7.98. The van der Waals surface area contributed by atoms with E-state index in [2.05, 4.69) is 22.4 Å². The molecule has 3 unspecified atom stereocenters. The van der Waals surface area contributed by atoms with Crippen molar-refractivity contribution in [1.82, 2.24) is 20.2 Å². The summed E-state index contributed by atoms with van der Waals surface area (Å²) >= 11 is 5.91. The Balaban J connectivity index is 2.25. The Morgan fingerprint density at radius 3 is 2.83 bits per heavy atom. The van der Waals surface area contributed by atoms with E-state index in [1.807, 2.05) is 11.6 Å². The molecule has 4 nitrogen and oxygen atoms in total. The number of hydrogen-bond donors (Lipinski definition) is 0. The smallest absolute Gasteiger partial charge is 0.169 e. The van der Waals surface area contributed by atoms with Crippen LogP contribution in [0.5, 0.6) is 0 Å². The van der Waals surface area contributed by atoms with E-state index in [1.54, 1.807) is 0 Å². The van der Waals surface area contributed by atoms with Gasteiger partial charge in [0, 0.05) is 0 Å². The fourth-order valence-corrected chi connectivity index (χ4v) is 1.49. The molecule has 12 heavy (non-hydrogen) atoms. The molecule has 1 saturated carbocycles. The van der Waals surface area contributed by atoms with Gasteiger partial charge in [0.05, 0.1) is 11.4 Å². The molecule has 0 amide bonds. The van der Waals surface area contributed by atoms with Gasteiger partial charge in [-0.3, -0.25) is 0 Å². The zero-order valence-corrected chi connectivity index (χ0v) is 7.86. The quantitative estimate of drug-likeness (QED) is 0.659. The van der Waals surface area contributed by atoms with Crippen molar-refractivity contribution in [2.24, 2.45) is 5.92 Å². The summed E-state index contributed by atoms with van der Waals surface area (Å²) in [4.78, 5) is 0. The van der Waals surface area contributed by atoms with Gasteiger partial charge in [0.25, 0.3) is 0 Å². The molecule has 0 N–H and O–H groups in total. The van der Waals surface area contributed by atoms with E-state index in [0.29, 0.717) is 12.0 Å². The maximum atomic E-state index is 5.91. The Morgan fingerprint density at radius 1 is 1.67 bits per heavy atom. The molecule has 3 atom stereocenters. The van der Waals surface area contributed by atoms with E-state index in [0.717, 1.165) is 5.82 Å². The minimum atomic E-state index is -0.104. The van der Waals surface area contributed by atoms with E-state index >= 15 is 0 Å². The van der Waals surface area contributed by atoms with Crippen molar-refractivity contribution in [1.29, 1.82) is 0 Å². The van der Waals surface area contributed by atoms with Crippen LogP contribution in [-0.2, 0) is 0 Å². The van der Waals surface area contributed by atoms with Crippen LogP contribution in [0.3, 0.4) is 0 Å². The van der Waals surface area contributed by atoms with Crippen LogP contribution in [0.25, 0.3) is 0 Å². The van der Waals surface area contributed by atoms with Gasteiger partial charge in [-0.2, -0.15) is 0 Å². The van der Waals surface area contributed by atoms with E-state index in [9.17, 15) is 0 Å². The lowest BCUT2D eigenvalue weighted by Crippen LogP contribution is -2.04. The molecule has 1 heterocycles. The Hall–Kier alpha value is -0.640. The summed E-state index contributed by atoms with van der Waals surface area (Å²) in [6.07, 6.45) is 1.17. The van der Waals surface area contributed by atoms with Crippen LogP contribution in [0.4, 0.5) is 0 Å². The Morgan fingerprint density at radius 2 is 2.33 bits per heavy atom. The van der Waals surface area contributed by atoms with Crippen LogP contribution in [0.15, 0.2) is 0 Å². The Bertz CT molecular complexity index is 283. The summed E-state index contributed by atoms with van der Waals surface area (Å²) in [7, 11) is 0. The summed E-state index contributed by atoms with van der Waals surface area (Å²) in [6.45, 7) is 4.08. The maximum absolute atomic E-state index is 5.91. The van der Waals surface area contributed by atoms with Crippen molar-refractivity contribution >= 4 is 11.6 Å². The number of alkyl halides is 1. The number of halogens is 1. The molecule has 0 bridgehead atoms. The zero-order valence-electron chi connectivity index (χ0n) is 7.11. The van der Waals surface area contributed by atoms with Gasteiger partial charge in [-0.05, 0) is 29.7 Å². The molecule has 1 aromatic rings. The third kappa shape index (κ3) is 1.20. The topological polar surface area (TPSA) is 43.6 Å². The van der Waals surface area contributed by atoms with Crippen molar-refractivity contribution in [2.45, 2.75) is 31.7 Å².